The minimum Gasteiger partial charge on any atom is -0.319 e. The first-order valence-electron chi connectivity index (χ1n) is 7.43. The highest BCUT2D eigenvalue weighted by Crippen LogP contribution is 2.25. The fourth-order valence-electron chi connectivity index (χ4n) is 2.94. The molecule has 0 aromatic heterocycles. The number of halogens is 1. The van der Waals surface area contributed by atoms with Gasteiger partial charge in [-0.1, -0.05) is 36.9 Å². The Hall–Kier alpha value is -1.22. The number of nitrogens with one attached hydrogen (secondary N) is 1. The van der Waals surface area contributed by atoms with E-state index >= 15 is 0 Å². The van der Waals surface area contributed by atoms with Crippen LogP contribution in [0.15, 0.2) is 24.3 Å². The minimum absolute atomic E-state index is 0.0193. The van der Waals surface area contributed by atoms with E-state index in [1.807, 2.05) is 17.0 Å². The average Bonchev–Trinajstić information content (AvgIpc) is 2.39. The van der Waals surface area contributed by atoms with Crippen LogP contribution >= 0.6 is 11.6 Å². The summed E-state index contributed by atoms with van der Waals surface area (Å²) in [6.07, 6.45) is 5.96. The monoisotopic (exact) mass is 294 g/mol. The maximum absolute atomic E-state index is 12.5. The van der Waals surface area contributed by atoms with Gasteiger partial charge >= 0.3 is 6.03 Å². The lowest BCUT2D eigenvalue weighted by Gasteiger charge is -2.37. The molecule has 1 saturated carbocycles. The van der Waals surface area contributed by atoms with Gasteiger partial charge < -0.3 is 10.2 Å². The van der Waals surface area contributed by atoms with Gasteiger partial charge in [-0.2, -0.15) is 0 Å². The van der Waals surface area contributed by atoms with E-state index in [1.165, 1.54) is 19.3 Å². The zero-order valence-corrected chi connectivity index (χ0v) is 13.0. The van der Waals surface area contributed by atoms with Crippen molar-refractivity contribution in [2.24, 2.45) is 0 Å². The van der Waals surface area contributed by atoms with Crippen LogP contribution < -0.4 is 5.32 Å². The normalized spacial score (nSPS) is 16.2. The van der Waals surface area contributed by atoms with Crippen molar-refractivity contribution < 1.29 is 4.79 Å². The molecule has 1 aromatic rings. The van der Waals surface area contributed by atoms with Crippen LogP contribution in [0.4, 0.5) is 10.5 Å². The van der Waals surface area contributed by atoms with Crippen molar-refractivity contribution in [3.05, 3.63) is 29.3 Å². The van der Waals surface area contributed by atoms with Gasteiger partial charge in [-0.15, -0.1) is 0 Å². The lowest BCUT2D eigenvalue weighted by Crippen LogP contribution is -2.47. The number of carbonyl (C=O) groups excluding carboxylic acids is 1. The smallest absolute Gasteiger partial charge is 0.319 e. The molecule has 0 radical (unpaired) electrons. The van der Waals surface area contributed by atoms with E-state index in [1.54, 1.807) is 12.1 Å². The van der Waals surface area contributed by atoms with Crippen LogP contribution in [-0.2, 0) is 0 Å². The number of benzene rings is 1. The molecule has 2 amide bonds. The molecule has 2 rings (SSSR count). The van der Waals surface area contributed by atoms with Gasteiger partial charge in [-0.25, -0.2) is 4.79 Å². The summed E-state index contributed by atoms with van der Waals surface area (Å²) in [7, 11) is 0. The van der Waals surface area contributed by atoms with Crippen molar-refractivity contribution in [1.29, 1.82) is 0 Å². The van der Waals surface area contributed by atoms with E-state index in [9.17, 15) is 4.79 Å². The van der Waals surface area contributed by atoms with Gasteiger partial charge in [0.25, 0.3) is 0 Å². The topological polar surface area (TPSA) is 32.3 Å². The van der Waals surface area contributed by atoms with Gasteiger partial charge in [0.05, 0.1) is 0 Å². The van der Waals surface area contributed by atoms with E-state index in [4.69, 9.17) is 11.6 Å². The predicted molar refractivity (Wildman–Crippen MR) is 84.3 cm³/mol. The van der Waals surface area contributed by atoms with Gasteiger partial charge in [0, 0.05) is 22.8 Å². The van der Waals surface area contributed by atoms with Crippen molar-refractivity contribution in [1.82, 2.24) is 4.90 Å². The number of nitrogens with zero attached hydrogens (tertiary/aromatic N) is 1. The van der Waals surface area contributed by atoms with Gasteiger partial charge in [-0.3, -0.25) is 0 Å². The number of carbonyl (C=O) groups is 1. The maximum atomic E-state index is 12.5. The molecule has 0 unspecified atom stereocenters. The first kappa shape index (κ1) is 15.2. The Bertz CT molecular complexity index is 456. The van der Waals surface area contributed by atoms with Crippen LogP contribution in [0.2, 0.25) is 5.02 Å². The SMILES string of the molecule is CC(C)N(C(=O)Nc1cccc(Cl)c1)C1CCCCC1. The number of hydrogen-bond donors (Lipinski definition) is 1. The van der Waals surface area contributed by atoms with Crippen LogP contribution in [0.1, 0.15) is 46.0 Å². The summed E-state index contributed by atoms with van der Waals surface area (Å²) >= 11 is 5.95. The molecular formula is C16H23ClN2O. The van der Waals surface area contributed by atoms with Crippen LogP contribution in [0.3, 0.4) is 0 Å². The van der Waals surface area contributed by atoms with Crippen LogP contribution in [0.5, 0.6) is 0 Å². The summed E-state index contributed by atoms with van der Waals surface area (Å²) in [5, 5.41) is 3.60. The quantitative estimate of drug-likeness (QED) is 0.843. The Morgan fingerprint density at radius 1 is 1.30 bits per heavy atom. The standard InChI is InChI=1S/C16H23ClN2O/c1-12(2)19(15-9-4-3-5-10-15)16(20)18-14-8-6-7-13(17)11-14/h6-8,11-12,15H,3-5,9-10H2,1-2H3,(H,18,20). The first-order chi connectivity index (χ1) is 9.58. The highest BCUT2D eigenvalue weighted by Gasteiger charge is 2.27. The third kappa shape index (κ3) is 3.89. The Morgan fingerprint density at radius 3 is 2.60 bits per heavy atom. The highest BCUT2D eigenvalue weighted by atomic mass is 35.5. The van der Waals surface area contributed by atoms with Crippen molar-refractivity contribution in [2.75, 3.05) is 5.32 Å². The Kier molecular flexibility index (Phi) is 5.30. The molecular weight excluding hydrogens is 272 g/mol. The van der Waals surface area contributed by atoms with Crippen molar-refractivity contribution >= 4 is 23.3 Å². The molecule has 4 heteroatoms. The van der Waals surface area contributed by atoms with E-state index in [-0.39, 0.29) is 12.1 Å². The largest absolute Gasteiger partial charge is 0.322 e. The second-order valence-electron chi connectivity index (χ2n) is 5.73. The molecule has 110 valence electrons. The van der Waals surface area contributed by atoms with Gasteiger partial charge in [0.1, 0.15) is 0 Å². The Balaban J connectivity index is 2.06. The van der Waals surface area contributed by atoms with Crippen LogP contribution in [0, 0.1) is 0 Å². The molecule has 0 aliphatic heterocycles. The van der Waals surface area contributed by atoms with E-state index in [2.05, 4.69) is 19.2 Å². The molecule has 1 fully saturated rings. The maximum Gasteiger partial charge on any atom is 0.322 e. The molecule has 0 spiro atoms. The van der Waals surface area contributed by atoms with Crippen LogP contribution in [0.25, 0.3) is 0 Å². The number of anilines is 1. The molecule has 0 atom stereocenters. The molecule has 1 aliphatic rings. The van der Waals surface area contributed by atoms with Crippen LogP contribution in [-0.4, -0.2) is 23.0 Å². The number of rotatable bonds is 3. The second-order valence-corrected chi connectivity index (χ2v) is 6.17. The van der Waals surface area contributed by atoms with E-state index < -0.39 is 0 Å². The molecule has 1 aliphatic carbocycles. The molecule has 20 heavy (non-hydrogen) atoms. The highest BCUT2D eigenvalue weighted by molar-refractivity contribution is 6.30. The number of amides is 2. The third-order valence-corrected chi connectivity index (χ3v) is 4.07. The van der Waals surface area contributed by atoms with E-state index in [0.29, 0.717) is 11.1 Å². The predicted octanol–water partition coefficient (Wildman–Crippen LogP) is 4.92. The molecule has 3 nitrogen and oxygen atoms in total. The molecule has 0 bridgehead atoms. The lowest BCUT2D eigenvalue weighted by atomic mass is 9.93. The summed E-state index contributed by atoms with van der Waals surface area (Å²) in [5.41, 5.74) is 0.754. The molecule has 0 saturated heterocycles. The van der Waals surface area contributed by atoms with Gasteiger partial charge in [0.2, 0.25) is 0 Å². The average molecular weight is 295 g/mol. The summed E-state index contributed by atoms with van der Waals surface area (Å²) in [4.78, 5) is 14.5. The first-order valence-corrected chi connectivity index (χ1v) is 7.80. The summed E-state index contributed by atoms with van der Waals surface area (Å²) in [6.45, 7) is 4.15. The lowest BCUT2D eigenvalue weighted by molar-refractivity contribution is 0.145. The third-order valence-electron chi connectivity index (χ3n) is 3.83. The summed E-state index contributed by atoms with van der Waals surface area (Å²) in [5.74, 6) is 0. The summed E-state index contributed by atoms with van der Waals surface area (Å²) in [6, 6.07) is 7.84. The fourth-order valence-corrected chi connectivity index (χ4v) is 3.13. The second kappa shape index (κ2) is 6.98. The Morgan fingerprint density at radius 2 is 2.00 bits per heavy atom. The van der Waals surface area contributed by atoms with Crippen molar-refractivity contribution in [2.45, 2.75) is 58.0 Å². The van der Waals surface area contributed by atoms with Crippen molar-refractivity contribution in [3.8, 4) is 0 Å². The number of hydrogen-bond acceptors (Lipinski definition) is 1. The summed E-state index contributed by atoms with van der Waals surface area (Å²) < 4.78 is 0. The molecule has 1 aromatic carbocycles. The van der Waals surface area contributed by atoms with E-state index in [0.717, 1.165) is 18.5 Å². The van der Waals surface area contributed by atoms with Gasteiger partial charge in [0.15, 0.2) is 0 Å². The fraction of sp³-hybridized carbons (Fsp3) is 0.562. The van der Waals surface area contributed by atoms with Gasteiger partial charge in [-0.05, 0) is 44.9 Å². The molecule has 0 heterocycles. The zero-order chi connectivity index (χ0) is 14.5. The van der Waals surface area contributed by atoms with Crippen molar-refractivity contribution in [3.63, 3.8) is 0 Å². The Labute approximate surface area is 126 Å². The number of urea groups is 1. The molecule has 1 N–H and O–H groups in total. The zero-order valence-electron chi connectivity index (χ0n) is 12.2. The minimum atomic E-state index is -0.0193.